The van der Waals surface area contributed by atoms with Crippen LogP contribution in [0.15, 0.2) is 57.7 Å². The van der Waals surface area contributed by atoms with E-state index in [4.69, 9.17) is 14.3 Å². The fourth-order valence-corrected chi connectivity index (χ4v) is 2.89. The Labute approximate surface area is 150 Å². The molecule has 0 aliphatic rings. The zero-order valence-corrected chi connectivity index (χ0v) is 14.7. The van der Waals surface area contributed by atoms with Gasteiger partial charge in [0.2, 0.25) is 0 Å². The van der Waals surface area contributed by atoms with Crippen molar-refractivity contribution in [2.75, 3.05) is 0 Å². The fraction of sp³-hybridized carbons (Fsp3) is 0.238. The smallest absolute Gasteiger partial charge is 0.336 e. The molecule has 0 radical (unpaired) electrons. The maximum atomic E-state index is 12.0. The Morgan fingerprint density at radius 3 is 2.54 bits per heavy atom. The Hall–Kier alpha value is -3.08. The van der Waals surface area contributed by atoms with Gasteiger partial charge in [0, 0.05) is 23.9 Å². The molecule has 1 aromatic heterocycles. The van der Waals surface area contributed by atoms with Gasteiger partial charge in [0.15, 0.2) is 0 Å². The van der Waals surface area contributed by atoms with Gasteiger partial charge in [-0.05, 0) is 43.0 Å². The van der Waals surface area contributed by atoms with E-state index in [0.29, 0.717) is 17.8 Å². The molecule has 0 bridgehead atoms. The first-order chi connectivity index (χ1) is 12.4. The quantitative estimate of drug-likeness (QED) is 0.671. The predicted octanol–water partition coefficient (Wildman–Crippen LogP) is 4.26. The van der Waals surface area contributed by atoms with Crippen molar-refractivity contribution in [3.8, 4) is 16.9 Å². The number of carboxylic acids is 1. The van der Waals surface area contributed by atoms with Crippen LogP contribution in [0.1, 0.15) is 25.8 Å². The Bertz CT molecular complexity index is 986. The highest BCUT2D eigenvalue weighted by molar-refractivity contribution is 5.94. The van der Waals surface area contributed by atoms with Crippen molar-refractivity contribution in [1.29, 1.82) is 0 Å². The van der Waals surface area contributed by atoms with Crippen molar-refractivity contribution >= 4 is 16.9 Å². The van der Waals surface area contributed by atoms with Gasteiger partial charge in [-0.3, -0.25) is 4.79 Å². The number of benzene rings is 2. The average Bonchev–Trinajstić information content (AvgIpc) is 2.59. The van der Waals surface area contributed by atoms with E-state index >= 15 is 0 Å². The van der Waals surface area contributed by atoms with E-state index in [2.05, 4.69) is 0 Å². The van der Waals surface area contributed by atoms with Gasteiger partial charge in [0.05, 0.1) is 6.10 Å². The standard InChI is InChI=1S/C21H20O5/c1-13(2)25-18-12-19-17(10-15(18)8-9-20(22)23)16(11-21(24)26-19)14-6-4-3-5-7-14/h3-7,10-13H,8-9H2,1-2H3,(H,22,23). The van der Waals surface area contributed by atoms with Crippen LogP contribution in [-0.2, 0) is 11.2 Å². The van der Waals surface area contributed by atoms with Gasteiger partial charge >= 0.3 is 11.6 Å². The summed E-state index contributed by atoms with van der Waals surface area (Å²) in [6, 6.07) is 14.6. The van der Waals surface area contributed by atoms with Gasteiger partial charge < -0.3 is 14.3 Å². The van der Waals surface area contributed by atoms with E-state index in [1.54, 1.807) is 6.07 Å². The average molecular weight is 352 g/mol. The molecule has 134 valence electrons. The summed E-state index contributed by atoms with van der Waals surface area (Å²) in [5.74, 6) is -0.328. The van der Waals surface area contributed by atoms with Crippen LogP contribution in [0, 0.1) is 0 Å². The van der Waals surface area contributed by atoms with Gasteiger partial charge in [-0.2, -0.15) is 0 Å². The molecule has 5 heteroatoms. The lowest BCUT2D eigenvalue weighted by Crippen LogP contribution is -2.09. The minimum absolute atomic E-state index is 0.00257. The van der Waals surface area contributed by atoms with E-state index in [1.807, 2.05) is 50.2 Å². The summed E-state index contributed by atoms with van der Waals surface area (Å²) >= 11 is 0. The van der Waals surface area contributed by atoms with E-state index < -0.39 is 11.6 Å². The summed E-state index contributed by atoms with van der Waals surface area (Å²) in [6.45, 7) is 3.78. The normalized spacial score (nSPS) is 11.0. The summed E-state index contributed by atoms with van der Waals surface area (Å²) < 4.78 is 11.2. The lowest BCUT2D eigenvalue weighted by molar-refractivity contribution is -0.136. The van der Waals surface area contributed by atoms with Gasteiger partial charge in [0.1, 0.15) is 11.3 Å². The number of carboxylic acid groups (broad SMARTS) is 1. The third-order valence-electron chi connectivity index (χ3n) is 3.98. The fourth-order valence-electron chi connectivity index (χ4n) is 2.89. The van der Waals surface area contributed by atoms with Crippen molar-refractivity contribution in [3.05, 3.63) is 64.5 Å². The number of aryl methyl sites for hydroxylation is 1. The van der Waals surface area contributed by atoms with Crippen LogP contribution >= 0.6 is 0 Å². The molecule has 1 N–H and O–H groups in total. The largest absolute Gasteiger partial charge is 0.491 e. The van der Waals surface area contributed by atoms with Gasteiger partial charge in [0.25, 0.3) is 0 Å². The first-order valence-electron chi connectivity index (χ1n) is 8.48. The van der Waals surface area contributed by atoms with Crippen LogP contribution in [0.25, 0.3) is 22.1 Å². The molecule has 0 spiro atoms. The molecular weight excluding hydrogens is 332 g/mol. The van der Waals surface area contributed by atoms with Crippen molar-refractivity contribution < 1.29 is 19.1 Å². The third kappa shape index (κ3) is 3.94. The molecule has 0 aliphatic carbocycles. The number of hydrogen-bond donors (Lipinski definition) is 1. The Morgan fingerprint density at radius 2 is 1.88 bits per heavy atom. The minimum atomic E-state index is -0.872. The second-order valence-electron chi connectivity index (χ2n) is 6.36. The van der Waals surface area contributed by atoms with Crippen LogP contribution in [0.4, 0.5) is 0 Å². The van der Waals surface area contributed by atoms with E-state index in [1.165, 1.54) is 6.07 Å². The number of carbonyl (C=O) groups is 1. The van der Waals surface area contributed by atoms with Crippen LogP contribution in [0.3, 0.4) is 0 Å². The Kier molecular flexibility index (Phi) is 5.07. The second kappa shape index (κ2) is 7.44. The van der Waals surface area contributed by atoms with E-state index in [0.717, 1.165) is 22.1 Å². The van der Waals surface area contributed by atoms with Gasteiger partial charge in [-0.25, -0.2) is 4.79 Å². The lowest BCUT2D eigenvalue weighted by Gasteiger charge is -2.16. The summed E-state index contributed by atoms with van der Waals surface area (Å²) in [4.78, 5) is 23.0. The molecule has 3 aromatic rings. The lowest BCUT2D eigenvalue weighted by atomic mass is 9.98. The van der Waals surface area contributed by atoms with Crippen LogP contribution in [0.2, 0.25) is 0 Å². The van der Waals surface area contributed by atoms with Crippen LogP contribution in [0.5, 0.6) is 5.75 Å². The zero-order valence-electron chi connectivity index (χ0n) is 14.7. The van der Waals surface area contributed by atoms with Crippen molar-refractivity contribution in [3.63, 3.8) is 0 Å². The molecule has 2 aromatic carbocycles. The summed E-state index contributed by atoms with van der Waals surface area (Å²) in [6.07, 6.45) is 0.248. The second-order valence-corrected chi connectivity index (χ2v) is 6.36. The summed E-state index contributed by atoms with van der Waals surface area (Å²) in [5.41, 5.74) is 2.41. The molecule has 1 heterocycles. The predicted molar refractivity (Wildman–Crippen MR) is 99.6 cm³/mol. The molecule has 0 unspecified atom stereocenters. The molecule has 0 atom stereocenters. The van der Waals surface area contributed by atoms with Gasteiger partial charge in [-0.1, -0.05) is 30.3 Å². The van der Waals surface area contributed by atoms with E-state index in [-0.39, 0.29) is 12.5 Å². The highest BCUT2D eigenvalue weighted by Crippen LogP contribution is 2.33. The Morgan fingerprint density at radius 1 is 1.15 bits per heavy atom. The third-order valence-corrected chi connectivity index (χ3v) is 3.98. The number of rotatable bonds is 6. The molecule has 5 nitrogen and oxygen atoms in total. The SMILES string of the molecule is CC(C)Oc1cc2oc(=O)cc(-c3ccccc3)c2cc1CCC(=O)O. The molecular formula is C21H20O5. The minimum Gasteiger partial charge on any atom is -0.491 e. The molecule has 0 amide bonds. The van der Waals surface area contributed by atoms with Crippen molar-refractivity contribution in [2.45, 2.75) is 32.8 Å². The van der Waals surface area contributed by atoms with Crippen LogP contribution in [-0.4, -0.2) is 17.2 Å². The number of fused-ring (bicyclic) bond motifs is 1. The zero-order chi connectivity index (χ0) is 18.7. The monoisotopic (exact) mass is 352 g/mol. The molecule has 0 fully saturated rings. The van der Waals surface area contributed by atoms with E-state index in [9.17, 15) is 9.59 Å². The maximum absolute atomic E-state index is 12.0. The Balaban J connectivity index is 2.22. The number of hydrogen-bond acceptors (Lipinski definition) is 4. The topological polar surface area (TPSA) is 76.7 Å². The molecule has 0 aliphatic heterocycles. The number of aliphatic carboxylic acids is 1. The highest BCUT2D eigenvalue weighted by atomic mass is 16.5. The van der Waals surface area contributed by atoms with Crippen LogP contribution < -0.4 is 10.4 Å². The maximum Gasteiger partial charge on any atom is 0.336 e. The van der Waals surface area contributed by atoms with Crippen molar-refractivity contribution in [1.82, 2.24) is 0 Å². The number of ether oxygens (including phenoxy) is 1. The molecule has 26 heavy (non-hydrogen) atoms. The molecule has 0 saturated carbocycles. The van der Waals surface area contributed by atoms with Crippen molar-refractivity contribution in [2.24, 2.45) is 0 Å². The highest BCUT2D eigenvalue weighted by Gasteiger charge is 2.15. The molecule has 3 rings (SSSR count). The first kappa shape index (κ1) is 17.7. The molecule has 0 saturated heterocycles. The van der Waals surface area contributed by atoms with Gasteiger partial charge in [-0.15, -0.1) is 0 Å². The summed E-state index contributed by atoms with van der Waals surface area (Å²) in [7, 11) is 0. The first-order valence-corrected chi connectivity index (χ1v) is 8.48. The summed E-state index contributed by atoms with van der Waals surface area (Å²) in [5, 5.41) is 9.79.